The zero-order chi connectivity index (χ0) is 7.99. The molecule has 0 radical (unpaired) electrons. The molecule has 3 heteroatoms. The Bertz CT molecular complexity index is 129. The Kier molecular flexibility index (Phi) is 1.74. The van der Waals surface area contributed by atoms with E-state index in [0.29, 0.717) is 6.61 Å². The summed E-state index contributed by atoms with van der Waals surface area (Å²) < 4.78 is 7.20. The molecular formula is C7H14ClNO. The summed E-state index contributed by atoms with van der Waals surface area (Å²) in [5.74, 6) is 0. The van der Waals surface area contributed by atoms with Crippen LogP contribution in [-0.4, -0.2) is 22.3 Å². The van der Waals surface area contributed by atoms with Crippen molar-refractivity contribution < 1.29 is 4.74 Å². The molecule has 0 aromatic heterocycles. The number of hydrogen-bond donors (Lipinski definition) is 0. The lowest BCUT2D eigenvalue weighted by Crippen LogP contribution is -2.42. The van der Waals surface area contributed by atoms with Crippen LogP contribution in [0.5, 0.6) is 0 Å². The van der Waals surface area contributed by atoms with Crippen LogP contribution in [0.3, 0.4) is 0 Å². The van der Waals surface area contributed by atoms with E-state index in [2.05, 4.69) is 13.8 Å². The SMILES string of the molecule is CC1(C)COC(C)(C)N1Cl. The highest BCUT2D eigenvalue weighted by molar-refractivity contribution is 6.14. The molecule has 0 amide bonds. The molecule has 0 aromatic carbocycles. The molecule has 1 rings (SSSR count). The van der Waals surface area contributed by atoms with Gasteiger partial charge in [-0.05, 0) is 39.5 Å². The first kappa shape index (κ1) is 8.31. The van der Waals surface area contributed by atoms with Gasteiger partial charge in [0.15, 0.2) is 0 Å². The molecule has 0 atom stereocenters. The molecule has 1 fully saturated rings. The summed E-state index contributed by atoms with van der Waals surface area (Å²) in [6, 6.07) is 0. The molecule has 0 bridgehead atoms. The van der Waals surface area contributed by atoms with Gasteiger partial charge in [-0.2, -0.15) is 4.42 Å². The Morgan fingerprint density at radius 3 is 1.90 bits per heavy atom. The van der Waals surface area contributed by atoms with Gasteiger partial charge < -0.3 is 4.74 Å². The van der Waals surface area contributed by atoms with Crippen molar-refractivity contribution in [2.75, 3.05) is 6.61 Å². The Morgan fingerprint density at radius 1 is 1.30 bits per heavy atom. The topological polar surface area (TPSA) is 12.5 Å². The summed E-state index contributed by atoms with van der Waals surface area (Å²) in [6.07, 6.45) is 0. The molecule has 0 saturated carbocycles. The van der Waals surface area contributed by atoms with E-state index in [1.54, 1.807) is 4.42 Å². The predicted molar refractivity (Wildman–Crippen MR) is 41.8 cm³/mol. The minimum absolute atomic E-state index is 0.0367. The third kappa shape index (κ3) is 1.16. The van der Waals surface area contributed by atoms with Crippen molar-refractivity contribution in [1.82, 2.24) is 4.42 Å². The van der Waals surface area contributed by atoms with Crippen LogP contribution in [0.2, 0.25) is 0 Å². The van der Waals surface area contributed by atoms with Crippen LogP contribution in [0.1, 0.15) is 27.7 Å². The zero-order valence-electron chi connectivity index (χ0n) is 6.94. The fourth-order valence-electron chi connectivity index (χ4n) is 1.20. The lowest BCUT2D eigenvalue weighted by Gasteiger charge is -2.30. The predicted octanol–water partition coefficient (Wildman–Crippen LogP) is 1.99. The average Bonchev–Trinajstić information content (AvgIpc) is 1.95. The average molecular weight is 164 g/mol. The summed E-state index contributed by atoms with van der Waals surface area (Å²) >= 11 is 6.00. The van der Waals surface area contributed by atoms with Gasteiger partial charge in [0, 0.05) is 0 Å². The summed E-state index contributed by atoms with van der Waals surface area (Å²) in [6.45, 7) is 8.76. The van der Waals surface area contributed by atoms with Crippen molar-refractivity contribution >= 4 is 11.8 Å². The van der Waals surface area contributed by atoms with Gasteiger partial charge in [-0.15, -0.1) is 0 Å². The van der Waals surface area contributed by atoms with E-state index in [1.165, 1.54) is 0 Å². The van der Waals surface area contributed by atoms with Crippen LogP contribution < -0.4 is 0 Å². The number of hydrogen-bond acceptors (Lipinski definition) is 2. The van der Waals surface area contributed by atoms with Crippen molar-refractivity contribution in [3.05, 3.63) is 0 Å². The monoisotopic (exact) mass is 163 g/mol. The van der Waals surface area contributed by atoms with Gasteiger partial charge in [-0.3, -0.25) is 0 Å². The zero-order valence-corrected chi connectivity index (χ0v) is 7.70. The summed E-state index contributed by atoms with van der Waals surface area (Å²) in [5.41, 5.74) is -0.351. The quantitative estimate of drug-likeness (QED) is 0.507. The highest BCUT2D eigenvalue weighted by atomic mass is 35.5. The normalized spacial score (nSPS) is 30.9. The van der Waals surface area contributed by atoms with Gasteiger partial charge in [0.25, 0.3) is 0 Å². The van der Waals surface area contributed by atoms with Crippen LogP contribution >= 0.6 is 11.8 Å². The Morgan fingerprint density at radius 2 is 1.80 bits per heavy atom. The fraction of sp³-hybridized carbons (Fsp3) is 1.00. The third-order valence-corrected chi connectivity index (χ3v) is 2.65. The van der Waals surface area contributed by atoms with E-state index in [1.807, 2.05) is 13.8 Å². The maximum absolute atomic E-state index is 6.00. The minimum atomic E-state index is -0.314. The molecule has 0 N–H and O–H groups in total. The Hall–Kier alpha value is 0.210. The van der Waals surface area contributed by atoms with Crippen molar-refractivity contribution in [1.29, 1.82) is 0 Å². The first-order chi connectivity index (χ1) is 4.36. The highest BCUT2D eigenvalue weighted by Crippen LogP contribution is 2.35. The summed E-state index contributed by atoms with van der Waals surface area (Å²) in [7, 11) is 0. The van der Waals surface area contributed by atoms with Crippen molar-refractivity contribution in [2.45, 2.75) is 39.0 Å². The summed E-state index contributed by atoms with van der Waals surface area (Å²) in [5, 5.41) is 0. The lowest BCUT2D eigenvalue weighted by molar-refractivity contribution is -0.0163. The molecule has 1 saturated heterocycles. The second-order valence-corrected chi connectivity index (χ2v) is 4.17. The molecule has 0 aromatic rings. The highest BCUT2D eigenvalue weighted by Gasteiger charge is 2.45. The minimum Gasteiger partial charge on any atom is -0.358 e. The first-order valence-corrected chi connectivity index (χ1v) is 3.80. The van der Waals surface area contributed by atoms with Gasteiger partial charge >= 0.3 is 0 Å². The lowest BCUT2D eigenvalue weighted by atomic mass is 10.1. The number of halogens is 1. The van der Waals surface area contributed by atoms with Crippen molar-refractivity contribution in [2.24, 2.45) is 0 Å². The fourth-order valence-corrected chi connectivity index (χ4v) is 1.29. The van der Waals surface area contributed by atoms with Crippen LogP contribution in [-0.2, 0) is 4.74 Å². The van der Waals surface area contributed by atoms with E-state index in [4.69, 9.17) is 16.5 Å². The van der Waals surface area contributed by atoms with Crippen molar-refractivity contribution in [3.8, 4) is 0 Å². The second-order valence-electron chi connectivity index (χ2n) is 3.83. The van der Waals surface area contributed by atoms with Gasteiger partial charge in [-0.25, -0.2) is 0 Å². The number of nitrogens with zero attached hydrogens (tertiary/aromatic N) is 1. The van der Waals surface area contributed by atoms with Crippen LogP contribution in [0.4, 0.5) is 0 Å². The molecule has 0 aliphatic carbocycles. The van der Waals surface area contributed by atoms with Crippen LogP contribution in [0.25, 0.3) is 0 Å². The van der Waals surface area contributed by atoms with Gasteiger partial charge in [0.2, 0.25) is 0 Å². The molecule has 60 valence electrons. The molecule has 0 unspecified atom stereocenters. The molecule has 1 heterocycles. The van der Waals surface area contributed by atoms with Gasteiger partial charge in [-0.1, -0.05) is 0 Å². The smallest absolute Gasteiger partial charge is 0.130 e. The Labute approximate surface area is 67.2 Å². The standard InChI is InChI=1S/C7H14ClNO/c1-6(2)5-10-7(3,4)9(6)8/h5H2,1-4H3. The Balaban J connectivity index is 2.77. The van der Waals surface area contributed by atoms with Crippen molar-refractivity contribution in [3.63, 3.8) is 0 Å². The molecular weight excluding hydrogens is 150 g/mol. The second kappa shape index (κ2) is 2.10. The first-order valence-electron chi connectivity index (χ1n) is 3.46. The number of rotatable bonds is 0. The third-order valence-electron chi connectivity index (χ3n) is 1.78. The van der Waals surface area contributed by atoms with E-state index in [0.717, 1.165) is 0 Å². The van der Waals surface area contributed by atoms with E-state index in [9.17, 15) is 0 Å². The molecule has 10 heavy (non-hydrogen) atoms. The van der Waals surface area contributed by atoms with E-state index >= 15 is 0 Å². The largest absolute Gasteiger partial charge is 0.358 e. The molecule has 1 aliphatic rings. The summed E-state index contributed by atoms with van der Waals surface area (Å²) in [4.78, 5) is 0. The maximum Gasteiger partial charge on any atom is 0.130 e. The number of ether oxygens (including phenoxy) is 1. The van der Waals surface area contributed by atoms with Crippen LogP contribution in [0, 0.1) is 0 Å². The van der Waals surface area contributed by atoms with Crippen LogP contribution in [0.15, 0.2) is 0 Å². The van der Waals surface area contributed by atoms with Gasteiger partial charge in [0.05, 0.1) is 12.1 Å². The molecule has 0 spiro atoms. The maximum atomic E-state index is 6.00. The van der Waals surface area contributed by atoms with E-state index in [-0.39, 0.29) is 11.3 Å². The van der Waals surface area contributed by atoms with Gasteiger partial charge in [0.1, 0.15) is 5.72 Å². The molecule has 1 aliphatic heterocycles. The van der Waals surface area contributed by atoms with E-state index < -0.39 is 0 Å². The molecule has 2 nitrogen and oxygen atoms in total.